The van der Waals surface area contributed by atoms with Gasteiger partial charge in [-0.2, -0.15) is 4.31 Å². The molecule has 0 aromatic heterocycles. The molecule has 178 valence electrons. The highest BCUT2D eigenvalue weighted by molar-refractivity contribution is 7.89. The molecular formula is C26H28N2O5S. The molecule has 4 rings (SSSR count). The molecule has 7 nitrogen and oxygen atoms in total. The fourth-order valence-corrected chi connectivity index (χ4v) is 5.60. The number of amides is 1. The smallest absolute Gasteiger partial charge is 0.408 e. The van der Waals surface area contributed by atoms with Gasteiger partial charge < -0.3 is 14.8 Å². The van der Waals surface area contributed by atoms with Crippen LogP contribution in [0.5, 0.6) is 5.75 Å². The number of carbonyl (C=O) groups excluding carboxylic acids is 1. The Morgan fingerprint density at radius 1 is 0.912 bits per heavy atom. The van der Waals surface area contributed by atoms with E-state index in [1.807, 2.05) is 60.7 Å². The Balaban J connectivity index is 1.49. The number of hydrogen-bond acceptors (Lipinski definition) is 5. The number of benzene rings is 3. The third-order valence-electron chi connectivity index (χ3n) is 6.09. The van der Waals surface area contributed by atoms with Gasteiger partial charge in [0.05, 0.1) is 12.0 Å². The third kappa shape index (κ3) is 5.24. The van der Waals surface area contributed by atoms with Gasteiger partial charge in [-0.3, -0.25) is 0 Å². The zero-order chi connectivity index (χ0) is 24.0. The summed E-state index contributed by atoms with van der Waals surface area (Å²) >= 11 is 0. The number of carbonyl (C=O) groups is 1. The highest BCUT2D eigenvalue weighted by atomic mass is 32.2. The van der Waals surface area contributed by atoms with Crippen molar-refractivity contribution in [3.63, 3.8) is 0 Å². The van der Waals surface area contributed by atoms with Crippen LogP contribution in [-0.2, 0) is 26.9 Å². The van der Waals surface area contributed by atoms with Crippen molar-refractivity contribution in [2.75, 3.05) is 20.2 Å². The lowest BCUT2D eigenvalue weighted by atomic mass is 9.85. The maximum absolute atomic E-state index is 13.2. The number of ether oxygens (including phenoxy) is 2. The average molecular weight is 481 g/mol. The number of hydrogen-bond donors (Lipinski definition) is 1. The summed E-state index contributed by atoms with van der Waals surface area (Å²) in [5.41, 5.74) is 0.911. The summed E-state index contributed by atoms with van der Waals surface area (Å²) in [7, 11) is -2.14. The average Bonchev–Trinajstić information content (AvgIpc) is 2.89. The van der Waals surface area contributed by atoms with Crippen LogP contribution in [-0.4, -0.2) is 39.0 Å². The van der Waals surface area contributed by atoms with E-state index in [1.165, 1.54) is 11.4 Å². The lowest BCUT2D eigenvalue weighted by molar-refractivity contribution is -0.0279. The number of methoxy groups -OCH3 is 1. The van der Waals surface area contributed by atoms with Crippen LogP contribution in [0.3, 0.4) is 0 Å². The largest absolute Gasteiger partial charge is 0.497 e. The maximum Gasteiger partial charge on any atom is 0.408 e. The quantitative estimate of drug-likeness (QED) is 0.545. The SMILES string of the molecule is COc1ccc(S(=O)(=O)N2CCC(OC(=O)NCc3ccccc3)(c3ccccc3)CC2)cc1. The molecule has 1 saturated heterocycles. The number of nitrogens with one attached hydrogen (secondary N) is 1. The summed E-state index contributed by atoms with van der Waals surface area (Å²) in [6, 6.07) is 25.4. The molecule has 0 aliphatic carbocycles. The van der Waals surface area contributed by atoms with Crippen molar-refractivity contribution in [2.24, 2.45) is 0 Å². The van der Waals surface area contributed by atoms with Crippen molar-refractivity contribution >= 4 is 16.1 Å². The molecule has 1 fully saturated rings. The highest BCUT2D eigenvalue weighted by Crippen LogP contribution is 2.38. The first-order valence-corrected chi connectivity index (χ1v) is 12.6. The molecular weight excluding hydrogens is 452 g/mol. The second kappa shape index (κ2) is 10.3. The Kier molecular flexibility index (Phi) is 7.19. The van der Waals surface area contributed by atoms with Crippen molar-refractivity contribution < 1.29 is 22.7 Å². The second-order valence-electron chi connectivity index (χ2n) is 8.17. The van der Waals surface area contributed by atoms with E-state index in [0.29, 0.717) is 25.1 Å². The van der Waals surface area contributed by atoms with Crippen LogP contribution in [0.1, 0.15) is 24.0 Å². The van der Waals surface area contributed by atoms with Gasteiger partial charge in [0.25, 0.3) is 0 Å². The normalized spacial score (nSPS) is 15.9. The summed E-state index contributed by atoms with van der Waals surface area (Å²) in [4.78, 5) is 13.0. The molecule has 1 aliphatic rings. The molecule has 0 bridgehead atoms. The summed E-state index contributed by atoms with van der Waals surface area (Å²) < 4.78 is 38.9. The Hall–Kier alpha value is -3.36. The van der Waals surface area contributed by atoms with Crippen molar-refractivity contribution in [1.29, 1.82) is 0 Å². The lowest BCUT2D eigenvalue weighted by Gasteiger charge is -2.41. The Bertz CT molecular complexity index is 1190. The first-order chi connectivity index (χ1) is 16.4. The number of piperidine rings is 1. The molecule has 1 amide bonds. The van der Waals surface area contributed by atoms with Gasteiger partial charge in [0.1, 0.15) is 11.4 Å². The van der Waals surface area contributed by atoms with Gasteiger partial charge >= 0.3 is 6.09 Å². The minimum absolute atomic E-state index is 0.210. The minimum atomic E-state index is -3.67. The third-order valence-corrected chi connectivity index (χ3v) is 8.01. The van der Waals surface area contributed by atoms with Gasteiger partial charge in [-0.25, -0.2) is 13.2 Å². The minimum Gasteiger partial charge on any atom is -0.497 e. The van der Waals surface area contributed by atoms with Gasteiger partial charge in [-0.1, -0.05) is 60.7 Å². The monoisotopic (exact) mass is 480 g/mol. The van der Waals surface area contributed by atoms with Crippen LogP contribution in [0.4, 0.5) is 4.79 Å². The van der Waals surface area contributed by atoms with E-state index in [1.54, 1.807) is 24.3 Å². The van der Waals surface area contributed by atoms with Crippen molar-refractivity contribution in [3.05, 3.63) is 96.1 Å². The molecule has 8 heteroatoms. The van der Waals surface area contributed by atoms with Crippen LogP contribution in [0.25, 0.3) is 0 Å². The summed E-state index contributed by atoms with van der Waals surface area (Å²) in [6.45, 7) is 0.812. The highest BCUT2D eigenvalue weighted by Gasteiger charge is 2.42. The molecule has 3 aromatic rings. The number of rotatable bonds is 7. The van der Waals surface area contributed by atoms with Crippen LogP contribution < -0.4 is 10.1 Å². The molecule has 1 N–H and O–H groups in total. The molecule has 0 atom stereocenters. The molecule has 3 aromatic carbocycles. The number of nitrogens with zero attached hydrogens (tertiary/aromatic N) is 1. The van der Waals surface area contributed by atoms with Crippen LogP contribution in [0, 0.1) is 0 Å². The van der Waals surface area contributed by atoms with Crippen molar-refractivity contribution in [1.82, 2.24) is 9.62 Å². The maximum atomic E-state index is 13.2. The van der Waals surface area contributed by atoms with Crippen LogP contribution in [0.2, 0.25) is 0 Å². The lowest BCUT2D eigenvalue weighted by Crippen LogP contribution is -2.48. The van der Waals surface area contributed by atoms with E-state index in [2.05, 4.69) is 5.32 Å². The first kappa shape index (κ1) is 23.8. The summed E-state index contributed by atoms with van der Waals surface area (Å²) in [5, 5.41) is 2.81. The van der Waals surface area contributed by atoms with Gasteiger partial charge in [0.2, 0.25) is 10.0 Å². The van der Waals surface area contributed by atoms with Gasteiger partial charge in [0, 0.05) is 32.5 Å². The Morgan fingerprint density at radius 3 is 2.09 bits per heavy atom. The topological polar surface area (TPSA) is 84.9 Å². The fourth-order valence-electron chi connectivity index (χ4n) is 4.16. The second-order valence-corrected chi connectivity index (χ2v) is 10.1. The number of alkyl carbamates (subject to hydrolysis) is 1. The zero-order valence-corrected chi connectivity index (χ0v) is 19.8. The van der Waals surface area contributed by atoms with Gasteiger partial charge in [-0.15, -0.1) is 0 Å². The molecule has 1 heterocycles. The predicted molar refractivity (Wildman–Crippen MR) is 129 cm³/mol. The van der Waals surface area contributed by atoms with Crippen LogP contribution >= 0.6 is 0 Å². The van der Waals surface area contributed by atoms with Crippen molar-refractivity contribution in [2.45, 2.75) is 29.9 Å². The molecule has 34 heavy (non-hydrogen) atoms. The molecule has 0 unspecified atom stereocenters. The van der Waals surface area contributed by atoms with E-state index in [0.717, 1.165) is 11.1 Å². The fraction of sp³-hybridized carbons (Fsp3) is 0.269. The van der Waals surface area contributed by atoms with E-state index >= 15 is 0 Å². The molecule has 0 spiro atoms. The van der Waals surface area contributed by atoms with Crippen molar-refractivity contribution in [3.8, 4) is 5.75 Å². The van der Waals surface area contributed by atoms with E-state index < -0.39 is 21.7 Å². The molecule has 0 radical (unpaired) electrons. The standard InChI is InChI=1S/C26H28N2O5S/c1-32-23-12-14-24(15-13-23)34(30,31)28-18-16-26(17-19-28,22-10-6-3-7-11-22)33-25(29)27-20-21-8-4-2-5-9-21/h2-15H,16-20H2,1H3,(H,27,29). The van der Waals surface area contributed by atoms with E-state index in [-0.39, 0.29) is 18.0 Å². The number of sulfonamides is 1. The molecule has 0 saturated carbocycles. The Morgan fingerprint density at radius 2 is 1.50 bits per heavy atom. The summed E-state index contributed by atoms with van der Waals surface area (Å²) in [5.74, 6) is 0.593. The van der Waals surface area contributed by atoms with E-state index in [4.69, 9.17) is 9.47 Å². The molecule has 1 aliphatic heterocycles. The van der Waals surface area contributed by atoms with Gasteiger partial charge in [0.15, 0.2) is 0 Å². The summed E-state index contributed by atoms with van der Waals surface area (Å²) in [6.07, 6.45) is 0.176. The van der Waals surface area contributed by atoms with Crippen LogP contribution in [0.15, 0.2) is 89.8 Å². The first-order valence-electron chi connectivity index (χ1n) is 11.1. The Labute approximate surface area is 200 Å². The predicted octanol–water partition coefficient (Wildman–Crippen LogP) is 4.30. The zero-order valence-electron chi connectivity index (χ0n) is 19.0. The van der Waals surface area contributed by atoms with E-state index in [9.17, 15) is 13.2 Å². The van der Waals surface area contributed by atoms with Gasteiger partial charge in [-0.05, 0) is 35.4 Å².